The first-order chi connectivity index (χ1) is 16.9. The van der Waals surface area contributed by atoms with Gasteiger partial charge in [0.15, 0.2) is 11.4 Å². The van der Waals surface area contributed by atoms with Crippen LogP contribution >= 0.6 is 11.3 Å². The van der Waals surface area contributed by atoms with Crippen molar-refractivity contribution in [3.8, 4) is 16.2 Å². The number of amides is 1. The van der Waals surface area contributed by atoms with E-state index in [0.29, 0.717) is 5.56 Å². The molecule has 1 aromatic carbocycles. The molecular formula is C26H26N2O7S. The number of aryl methyl sites for hydroxylation is 1. The SMILES string of the molecule is Cc1ccc(-c2ccc(O)c3c2C[C@H]2C[C@H]4[C@H](N(C)C)C(O)=C(C(N)=O)C(=O)[C@]4(O)C(O)=C2C3=O)s1. The van der Waals surface area contributed by atoms with Crippen molar-refractivity contribution < 1.29 is 34.8 Å². The number of aliphatic hydroxyl groups excluding tert-OH is 2. The predicted molar refractivity (Wildman–Crippen MR) is 132 cm³/mol. The molecule has 0 unspecified atom stereocenters. The van der Waals surface area contributed by atoms with Crippen LogP contribution in [-0.4, -0.2) is 68.5 Å². The van der Waals surface area contributed by atoms with E-state index in [1.54, 1.807) is 31.5 Å². The molecule has 4 atom stereocenters. The third-order valence-corrected chi connectivity index (χ3v) is 8.65. The number of nitrogens with zero attached hydrogens (tertiary/aromatic N) is 1. The number of Topliss-reactive ketones (excluding diaryl/α,β-unsaturated/α-hetero) is 2. The van der Waals surface area contributed by atoms with Gasteiger partial charge >= 0.3 is 0 Å². The van der Waals surface area contributed by atoms with Crippen LogP contribution in [0, 0.1) is 18.8 Å². The maximum absolute atomic E-state index is 13.7. The second kappa shape index (κ2) is 8.02. The minimum Gasteiger partial charge on any atom is -0.510 e. The van der Waals surface area contributed by atoms with E-state index in [1.165, 1.54) is 11.0 Å². The number of hydrogen-bond donors (Lipinski definition) is 5. The first-order valence-electron chi connectivity index (χ1n) is 11.5. The highest BCUT2D eigenvalue weighted by Crippen LogP contribution is 2.53. The van der Waals surface area contributed by atoms with E-state index in [-0.39, 0.29) is 29.7 Å². The van der Waals surface area contributed by atoms with Crippen molar-refractivity contribution in [3.05, 3.63) is 62.9 Å². The number of carbonyl (C=O) groups excluding carboxylic acids is 3. The zero-order valence-corrected chi connectivity index (χ0v) is 20.7. The van der Waals surface area contributed by atoms with Crippen LogP contribution in [0.5, 0.6) is 5.75 Å². The number of likely N-dealkylation sites (N-methyl/N-ethyl adjacent to an activating group) is 1. The molecule has 6 N–H and O–H groups in total. The molecule has 0 aliphatic heterocycles. The van der Waals surface area contributed by atoms with Crippen LogP contribution in [0.25, 0.3) is 10.4 Å². The topological polar surface area (TPSA) is 161 Å². The van der Waals surface area contributed by atoms with E-state index < -0.39 is 58.0 Å². The molecule has 1 amide bonds. The van der Waals surface area contributed by atoms with Gasteiger partial charge in [-0.15, -0.1) is 11.3 Å². The van der Waals surface area contributed by atoms with Gasteiger partial charge in [-0.25, -0.2) is 0 Å². The summed E-state index contributed by atoms with van der Waals surface area (Å²) in [6, 6.07) is 6.05. The van der Waals surface area contributed by atoms with Crippen molar-refractivity contribution >= 4 is 28.8 Å². The summed E-state index contributed by atoms with van der Waals surface area (Å²) in [4.78, 5) is 42.6. The first kappa shape index (κ1) is 24.2. The average Bonchev–Trinajstić information content (AvgIpc) is 3.22. The number of allylic oxidation sites excluding steroid dienone is 1. The lowest BCUT2D eigenvalue weighted by Gasteiger charge is -2.50. The quantitative estimate of drug-likeness (QED) is 0.393. The Morgan fingerprint density at radius 1 is 1.14 bits per heavy atom. The number of nitrogens with two attached hydrogens (primary N) is 1. The Hall–Kier alpha value is -3.47. The van der Waals surface area contributed by atoms with Gasteiger partial charge in [0.25, 0.3) is 5.91 Å². The largest absolute Gasteiger partial charge is 0.510 e. The Bertz CT molecular complexity index is 1420. The lowest BCUT2D eigenvalue weighted by atomic mass is 9.58. The lowest BCUT2D eigenvalue weighted by Crippen LogP contribution is -2.63. The molecule has 3 aliphatic carbocycles. The molecule has 0 saturated heterocycles. The zero-order chi connectivity index (χ0) is 26.3. The Morgan fingerprint density at radius 3 is 2.42 bits per heavy atom. The Kier molecular flexibility index (Phi) is 5.40. The van der Waals surface area contributed by atoms with Gasteiger partial charge in [-0.1, -0.05) is 0 Å². The van der Waals surface area contributed by atoms with Crippen LogP contribution in [-0.2, 0) is 16.0 Å². The molecule has 0 fully saturated rings. The maximum Gasteiger partial charge on any atom is 0.255 e. The average molecular weight is 511 g/mol. The molecule has 0 radical (unpaired) electrons. The number of ketones is 2. The highest BCUT2D eigenvalue weighted by Gasteiger charge is 2.63. The highest BCUT2D eigenvalue weighted by molar-refractivity contribution is 7.15. The van der Waals surface area contributed by atoms with E-state index in [4.69, 9.17) is 5.73 Å². The summed E-state index contributed by atoms with van der Waals surface area (Å²) in [5.74, 6) is -6.54. The summed E-state index contributed by atoms with van der Waals surface area (Å²) >= 11 is 1.55. The molecule has 0 saturated carbocycles. The number of aromatic hydroxyl groups is 1. The third-order valence-electron chi connectivity index (χ3n) is 7.61. The Morgan fingerprint density at radius 2 is 1.83 bits per heavy atom. The van der Waals surface area contributed by atoms with E-state index in [2.05, 4.69) is 0 Å². The fourth-order valence-electron chi connectivity index (χ4n) is 6.06. The van der Waals surface area contributed by atoms with Gasteiger partial charge in [0.1, 0.15) is 22.8 Å². The molecular weight excluding hydrogens is 484 g/mol. The minimum absolute atomic E-state index is 0.0133. The molecule has 2 aromatic rings. The van der Waals surface area contributed by atoms with Gasteiger partial charge in [-0.3, -0.25) is 19.3 Å². The van der Waals surface area contributed by atoms with E-state index in [0.717, 1.165) is 15.3 Å². The van der Waals surface area contributed by atoms with Crippen LogP contribution in [0.1, 0.15) is 27.2 Å². The maximum atomic E-state index is 13.7. The summed E-state index contributed by atoms with van der Waals surface area (Å²) in [6.07, 6.45) is 0.319. The number of carbonyl (C=O) groups is 3. The number of aliphatic hydroxyl groups is 3. The molecule has 9 nitrogen and oxygen atoms in total. The van der Waals surface area contributed by atoms with Crippen LogP contribution in [0.15, 0.2) is 46.9 Å². The van der Waals surface area contributed by atoms with Gasteiger partial charge in [0.2, 0.25) is 5.78 Å². The zero-order valence-electron chi connectivity index (χ0n) is 19.9. The summed E-state index contributed by atoms with van der Waals surface area (Å²) < 4.78 is 0. The van der Waals surface area contributed by atoms with Crippen molar-refractivity contribution in [2.24, 2.45) is 17.6 Å². The molecule has 36 heavy (non-hydrogen) atoms. The van der Waals surface area contributed by atoms with Crippen molar-refractivity contribution in [1.29, 1.82) is 0 Å². The molecule has 0 spiro atoms. The summed E-state index contributed by atoms with van der Waals surface area (Å²) in [7, 11) is 3.20. The second-order valence-electron chi connectivity index (χ2n) is 9.86. The van der Waals surface area contributed by atoms with Gasteiger partial charge in [-0.05, 0) is 75.2 Å². The molecule has 188 valence electrons. The van der Waals surface area contributed by atoms with Crippen LogP contribution in [0.3, 0.4) is 0 Å². The standard InChI is InChI=1S/C26H26N2O7S/c1-10-4-7-16(36-10)12-5-6-15(29)18-13(12)8-11-9-14-20(28(2)3)22(31)19(25(27)34)24(33)26(14,35)23(32)17(11)21(18)30/h4-7,11,14,20,29,31-32,35H,8-9H2,1-3H3,(H2,27,34)/t11-,14-,20-,26+/m0/s1. The van der Waals surface area contributed by atoms with Crippen LogP contribution in [0.2, 0.25) is 0 Å². The minimum atomic E-state index is -2.64. The monoisotopic (exact) mass is 510 g/mol. The molecule has 1 heterocycles. The number of fused-ring (bicyclic) bond motifs is 3. The van der Waals surface area contributed by atoms with E-state index >= 15 is 0 Å². The van der Waals surface area contributed by atoms with Crippen LogP contribution < -0.4 is 5.73 Å². The number of phenols is 1. The third kappa shape index (κ3) is 3.11. The predicted octanol–water partition coefficient (Wildman–Crippen LogP) is 2.16. The number of primary amides is 1. The number of phenolic OH excluding ortho intramolecular Hbond substituents is 1. The van der Waals surface area contributed by atoms with Crippen molar-refractivity contribution in [3.63, 3.8) is 0 Å². The van der Waals surface area contributed by atoms with E-state index in [1.807, 2.05) is 19.1 Å². The Labute approximate surface area is 210 Å². The smallest absolute Gasteiger partial charge is 0.255 e. The van der Waals surface area contributed by atoms with Crippen LogP contribution in [0.4, 0.5) is 0 Å². The van der Waals surface area contributed by atoms with Crippen molar-refractivity contribution in [1.82, 2.24) is 4.90 Å². The summed E-state index contributed by atoms with van der Waals surface area (Å²) in [5.41, 5.74) is 3.15. The number of hydrogen-bond acceptors (Lipinski definition) is 9. The van der Waals surface area contributed by atoms with Crippen molar-refractivity contribution in [2.45, 2.75) is 31.4 Å². The normalized spacial score (nSPS) is 27.8. The summed E-state index contributed by atoms with van der Waals surface area (Å²) in [5, 5.41) is 44.4. The van der Waals surface area contributed by atoms with Gasteiger partial charge < -0.3 is 26.2 Å². The second-order valence-corrected chi connectivity index (χ2v) is 11.1. The number of thiophene rings is 1. The lowest BCUT2D eigenvalue weighted by molar-refractivity contribution is -0.148. The Balaban J connectivity index is 1.73. The van der Waals surface area contributed by atoms with Gasteiger partial charge in [0, 0.05) is 21.2 Å². The molecule has 1 aromatic heterocycles. The molecule has 10 heteroatoms. The molecule has 3 aliphatic rings. The highest BCUT2D eigenvalue weighted by atomic mass is 32.1. The van der Waals surface area contributed by atoms with E-state index in [9.17, 15) is 34.8 Å². The summed E-state index contributed by atoms with van der Waals surface area (Å²) in [6.45, 7) is 1.97. The van der Waals surface area contributed by atoms with Gasteiger partial charge in [0.05, 0.1) is 11.6 Å². The fourth-order valence-corrected chi connectivity index (χ4v) is 6.98. The fraction of sp³-hybridized carbons (Fsp3) is 0.346. The number of rotatable bonds is 3. The van der Waals surface area contributed by atoms with Crippen molar-refractivity contribution in [2.75, 3.05) is 14.1 Å². The number of benzene rings is 1. The molecule has 0 bridgehead atoms. The van der Waals surface area contributed by atoms with Gasteiger partial charge in [-0.2, -0.15) is 0 Å². The first-order valence-corrected chi connectivity index (χ1v) is 12.3. The molecule has 5 rings (SSSR count).